The van der Waals surface area contributed by atoms with Gasteiger partial charge in [-0.1, -0.05) is 90.5 Å². The Morgan fingerprint density at radius 1 is 0.784 bits per heavy atom. The summed E-state index contributed by atoms with van der Waals surface area (Å²) in [5, 5.41) is 0.382. The molecule has 4 aromatic carbocycles. The molecule has 2 atom stereocenters. The maximum absolute atomic E-state index is 14.4. The molecule has 5 heteroatoms. The molecule has 0 spiro atoms. The Bertz CT molecular complexity index is 1590. The van der Waals surface area contributed by atoms with Crippen molar-refractivity contribution in [2.24, 2.45) is 16.8 Å². The van der Waals surface area contributed by atoms with Gasteiger partial charge in [-0.15, -0.1) is 0 Å². The van der Waals surface area contributed by atoms with Gasteiger partial charge in [-0.25, -0.2) is 4.90 Å². The third-order valence-electron chi connectivity index (χ3n) is 8.30. The fraction of sp³-hybridized carbons (Fsp3) is 0.156. The van der Waals surface area contributed by atoms with Crippen LogP contribution in [0.5, 0.6) is 0 Å². The lowest BCUT2D eigenvalue weighted by molar-refractivity contribution is -0.122. The Hall–Kier alpha value is -4.02. The first kappa shape index (κ1) is 22.2. The summed E-state index contributed by atoms with van der Waals surface area (Å²) < 4.78 is 0. The number of hydrogen-bond acceptors (Lipinski definition) is 3. The third-order valence-corrected chi connectivity index (χ3v) is 8.62. The van der Waals surface area contributed by atoms with Crippen molar-refractivity contribution >= 4 is 41.0 Å². The molecule has 2 amide bonds. The molecule has 3 aliphatic carbocycles. The lowest BCUT2D eigenvalue weighted by Crippen LogP contribution is -2.54. The predicted molar refractivity (Wildman–Crippen MR) is 146 cm³/mol. The number of carbonyl (C=O) groups excluding carboxylic acids is 2. The number of para-hydroxylation sites is 2. The lowest BCUT2D eigenvalue weighted by Gasteiger charge is -2.52. The fourth-order valence-corrected chi connectivity index (χ4v) is 7.02. The van der Waals surface area contributed by atoms with E-state index in [9.17, 15) is 9.59 Å². The van der Waals surface area contributed by atoms with E-state index >= 15 is 0 Å². The van der Waals surface area contributed by atoms with E-state index in [0.717, 1.165) is 33.5 Å². The number of halogens is 1. The summed E-state index contributed by atoms with van der Waals surface area (Å²) in [4.78, 5) is 34.9. The summed E-state index contributed by atoms with van der Waals surface area (Å²) in [7, 11) is 0. The van der Waals surface area contributed by atoms with Gasteiger partial charge in [0, 0.05) is 12.1 Å². The molecule has 0 aromatic heterocycles. The minimum atomic E-state index is -0.891. The van der Waals surface area contributed by atoms with Gasteiger partial charge in [0.15, 0.2) is 0 Å². The van der Waals surface area contributed by atoms with Gasteiger partial charge in [-0.3, -0.25) is 14.6 Å². The van der Waals surface area contributed by atoms with Crippen LogP contribution in [0.2, 0.25) is 5.02 Å². The number of rotatable bonds is 3. The SMILES string of the molecule is Cc1ccccc1N=CC12c3ccccc3C(c3ccccc31)C1C(=O)N(c3ccccc3Cl)C(=O)C12. The first-order valence-electron chi connectivity index (χ1n) is 12.5. The van der Waals surface area contributed by atoms with Gasteiger partial charge in [-0.2, -0.15) is 0 Å². The van der Waals surface area contributed by atoms with E-state index in [1.54, 1.807) is 24.3 Å². The van der Waals surface area contributed by atoms with Crippen LogP contribution in [0, 0.1) is 18.8 Å². The number of carbonyl (C=O) groups is 2. The van der Waals surface area contributed by atoms with Crippen molar-refractivity contribution in [2.75, 3.05) is 4.90 Å². The molecule has 4 aliphatic rings. The van der Waals surface area contributed by atoms with E-state index in [2.05, 4.69) is 24.3 Å². The van der Waals surface area contributed by atoms with Crippen LogP contribution in [0.1, 0.15) is 33.7 Å². The second-order valence-corrected chi connectivity index (χ2v) is 10.4. The normalized spacial score (nSPS) is 25.4. The molecule has 0 saturated carbocycles. The zero-order valence-corrected chi connectivity index (χ0v) is 20.9. The Balaban J connectivity index is 1.53. The van der Waals surface area contributed by atoms with Gasteiger partial charge in [-0.05, 0) is 52.9 Å². The van der Waals surface area contributed by atoms with Crippen molar-refractivity contribution in [3.63, 3.8) is 0 Å². The molecule has 0 radical (unpaired) electrons. The summed E-state index contributed by atoms with van der Waals surface area (Å²) in [6.07, 6.45) is 1.93. The Labute approximate surface area is 220 Å². The molecule has 1 fully saturated rings. The largest absolute Gasteiger partial charge is 0.274 e. The van der Waals surface area contributed by atoms with Crippen molar-refractivity contribution in [2.45, 2.75) is 18.3 Å². The standard InChI is InChI=1S/C32H23ClN2O2/c1-19-10-2-8-16-25(19)34-18-32-22-13-5-3-11-20(22)27(21-12-4-6-14-23(21)32)28-29(32)31(37)35(30(28)36)26-17-9-7-15-24(26)33/h2-18,27-29H,1H3. The Morgan fingerprint density at radius 3 is 2.05 bits per heavy atom. The Morgan fingerprint density at radius 2 is 1.38 bits per heavy atom. The molecule has 1 heterocycles. The van der Waals surface area contributed by atoms with Crippen molar-refractivity contribution in [3.8, 4) is 0 Å². The minimum Gasteiger partial charge on any atom is -0.274 e. The van der Waals surface area contributed by atoms with Crippen molar-refractivity contribution < 1.29 is 9.59 Å². The minimum absolute atomic E-state index is 0.203. The highest BCUT2D eigenvalue weighted by atomic mass is 35.5. The van der Waals surface area contributed by atoms with Crippen LogP contribution in [0.25, 0.3) is 0 Å². The first-order valence-corrected chi connectivity index (χ1v) is 12.8. The molecule has 2 bridgehead atoms. The topological polar surface area (TPSA) is 49.7 Å². The predicted octanol–water partition coefficient (Wildman–Crippen LogP) is 6.60. The highest BCUT2D eigenvalue weighted by Gasteiger charge is 2.68. The average Bonchev–Trinajstić information content (AvgIpc) is 3.19. The summed E-state index contributed by atoms with van der Waals surface area (Å²) in [5.74, 6) is -1.81. The van der Waals surface area contributed by atoms with E-state index in [1.807, 2.05) is 61.7 Å². The van der Waals surface area contributed by atoms with Gasteiger partial charge in [0.2, 0.25) is 11.8 Å². The number of aliphatic imine (C=N–C) groups is 1. The zero-order chi connectivity index (χ0) is 25.3. The van der Waals surface area contributed by atoms with E-state index < -0.39 is 17.3 Å². The average molecular weight is 503 g/mol. The number of hydrogen-bond donors (Lipinski definition) is 0. The van der Waals surface area contributed by atoms with Gasteiger partial charge in [0.05, 0.1) is 33.6 Å². The number of anilines is 1. The van der Waals surface area contributed by atoms with E-state index in [-0.39, 0.29) is 17.7 Å². The maximum atomic E-state index is 14.4. The van der Waals surface area contributed by atoms with Crippen LogP contribution in [-0.4, -0.2) is 18.0 Å². The van der Waals surface area contributed by atoms with Crippen LogP contribution < -0.4 is 4.90 Å². The highest BCUT2D eigenvalue weighted by Crippen LogP contribution is 2.64. The molecule has 1 aliphatic heterocycles. The van der Waals surface area contributed by atoms with Crippen LogP contribution in [0.3, 0.4) is 0 Å². The Kier molecular flexibility index (Phi) is 4.79. The third kappa shape index (κ3) is 2.88. The number of nitrogens with zero attached hydrogens (tertiary/aromatic N) is 2. The van der Waals surface area contributed by atoms with Crippen molar-refractivity contribution in [3.05, 3.63) is 130 Å². The van der Waals surface area contributed by atoms with Crippen molar-refractivity contribution in [1.82, 2.24) is 0 Å². The first-order chi connectivity index (χ1) is 18.0. The molecule has 180 valence electrons. The van der Waals surface area contributed by atoms with Crippen LogP contribution in [0.4, 0.5) is 11.4 Å². The molecule has 1 saturated heterocycles. The molecule has 4 nitrogen and oxygen atoms in total. The second kappa shape index (κ2) is 7.99. The lowest BCUT2D eigenvalue weighted by atomic mass is 9.47. The van der Waals surface area contributed by atoms with Gasteiger partial charge >= 0.3 is 0 Å². The molecule has 37 heavy (non-hydrogen) atoms. The van der Waals surface area contributed by atoms with E-state index in [1.165, 1.54) is 4.90 Å². The van der Waals surface area contributed by atoms with Crippen LogP contribution in [0.15, 0.2) is 102 Å². The van der Waals surface area contributed by atoms with E-state index in [4.69, 9.17) is 16.6 Å². The molecule has 4 aromatic rings. The van der Waals surface area contributed by atoms with Gasteiger partial charge in [0.25, 0.3) is 0 Å². The van der Waals surface area contributed by atoms with Gasteiger partial charge < -0.3 is 0 Å². The summed E-state index contributed by atoms with van der Waals surface area (Å²) in [5.41, 5.74) is 5.69. The van der Waals surface area contributed by atoms with Crippen LogP contribution in [-0.2, 0) is 15.0 Å². The maximum Gasteiger partial charge on any atom is 0.239 e. The van der Waals surface area contributed by atoms with Gasteiger partial charge in [0.1, 0.15) is 0 Å². The molecule has 0 N–H and O–H groups in total. The molecule has 8 rings (SSSR count). The van der Waals surface area contributed by atoms with Crippen molar-refractivity contribution in [1.29, 1.82) is 0 Å². The number of aryl methyl sites for hydroxylation is 1. The summed E-state index contributed by atoms with van der Waals surface area (Å²) >= 11 is 6.52. The molecular weight excluding hydrogens is 480 g/mol. The van der Waals surface area contributed by atoms with Crippen LogP contribution >= 0.6 is 11.6 Å². The smallest absolute Gasteiger partial charge is 0.239 e. The number of imide groups is 1. The second-order valence-electron chi connectivity index (χ2n) is 10.0. The quantitative estimate of drug-likeness (QED) is 0.234. The summed E-state index contributed by atoms with van der Waals surface area (Å²) in [6.45, 7) is 2.02. The molecule has 2 unspecified atom stereocenters. The monoisotopic (exact) mass is 502 g/mol. The highest BCUT2D eigenvalue weighted by molar-refractivity contribution is 6.36. The fourth-order valence-electron chi connectivity index (χ4n) is 6.80. The summed E-state index contributed by atoms with van der Waals surface area (Å²) in [6, 6.07) is 31.4. The number of amides is 2. The molecular formula is C32H23ClN2O2. The zero-order valence-electron chi connectivity index (χ0n) is 20.1. The number of benzene rings is 4. The van der Waals surface area contributed by atoms with E-state index in [0.29, 0.717) is 10.7 Å².